The number of benzene rings is 3. The van der Waals surface area contributed by atoms with E-state index in [0.29, 0.717) is 70.0 Å². The van der Waals surface area contributed by atoms with Gasteiger partial charge in [0, 0.05) is 81.3 Å². The van der Waals surface area contributed by atoms with Gasteiger partial charge in [-0.1, -0.05) is 38.1 Å². The van der Waals surface area contributed by atoms with Crippen LogP contribution < -0.4 is 30.1 Å². The lowest BCUT2D eigenvalue weighted by Gasteiger charge is -2.60. The third-order valence-electron chi connectivity index (χ3n) is 15.3. The molecule has 0 radical (unpaired) electrons. The molecule has 0 bridgehead atoms. The van der Waals surface area contributed by atoms with E-state index in [-0.39, 0.29) is 69.6 Å². The fourth-order valence-electron chi connectivity index (χ4n) is 11.2. The lowest BCUT2D eigenvalue weighted by molar-refractivity contribution is -0.384. The zero-order chi connectivity index (χ0) is 50.0. The predicted molar refractivity (Wildman–Crippen MR) is 262 cm³/mol. The summed E-state index contributed by atoms with van der Waals surface area (Å²) in [5.41, 5.74) is 7.86. The van der Waals surface area contributed by atoms with Crippen LogP contribution in [0.25, 0.3) is 11.0 Å². The number of primary amides is 1. The normalized spacial score (nSPS) is 23.7. The molecule has 3 saturated heterocycles. The Balaban J connectivity index is 0.865. The molecule has 4 fully saturated rings. The summed E-state index contributed by atoms with van der Waals surface area (Å²) < 4.78 is 57.0. The van der Waals surface area contributed by atoms with Crippen LogP contribution in [0.3, 0.4) is 0 Å². The second-order valence-electron chi connectivity index (χ2n) is 20.4. The number of halogens is 1. The number of piperazine rings is 1. The van der Waals surface area contributed by atoms with Crippen LogP contribution in [-0.2, 0) is 10.0 Å². The highest BCUT2D eigenvalue weighted by Gasteiger charge is 2.49. The van der Waals surface area contributed by atoms with Gasteiger partial charge in [-0.05, 0) is 86.6 Å². The van der Waals surface area contributed by atoms with Gasteiger partial charge in [0.25, 0.3) is 21.6 Å². The van der Waals surface area contributed by atoms with Crippen LogP contribution in [0.15, 0.2) is 78.0 Å². The first-order valence-corrected chi connectivity index (χ1v) is 25.7. The van der Waals surface area contributed by atoms with E-state index in [2.05, 4.69) is 67.0 Å². The number of sulfonamides is 1. The molecule has 376 valence electrons. The number of anilines is 2. The number of nitrogens with one attached hydrogen (secondary N) is 3. The van der Waals surface area contributed by atoms with Crippen molar-refractivity contribution in [2.24, 2.45) is 17.1 Å². The van der Waals surface area contributed by atoms with Crippen LogP contribution >= 0.6 is 0 Å². The predicted octanol–water partition coefficient (Wildman–Crippen LogP) is 7.01. The average molecular weight is 995 g/mol. The number of urea groups is 1. The zero-order valence-corrected chi connectivity index (χ0v) is 40.7. The van der Waals surface area contributed by atoms with Gasteiger partial charge >= 0.3 is 6.03 Å². The highest BCUT2D eigenvalue weighted by molar-refractivity contribution is 7.90. The molecular formula is C50H59FN10O9S. The molecule has 2 aromatic heterocycles. The zero-order valence-electron chi connectivity index (χ0n) is 39.9. The standard InChI is InChI=1S/C50H59FN10O9S/c1-30(2)35-6-4-5-7-36(35)42-26-58(48(52)63)18-19-60(42)59-28-50(29-59)14-16-57(17-15-50)32-8-9-37(43(20-32)70-33-21-38-39(51)25-54-46(38)53-24-33)47(62)56-71(67,68)34-22-41(61(65)66)45-44(23-34)69-27-40(55-45)31-10-12-49(3,64)13-11-31/h4-9,20-25,30-31,40,42,55,64H,10-19,26-29H2,1-3H3,(H2,52,63)(H,53,54)(H,56,62)/t31-,40-,42+,49-/m1/s1. The third kappa shape index (κ3) is 9.54. The van der Waals surface area contributed by atoms with Crippen molar-refractivity contribution in [3.05, 3.63) is 106 Å². The molecule has 1 spiro atoms. The Morgan fingerprint density at radius 3 is 2.51 bits per heavy atom. The second kappa shape index (κ2) is 18.6. The fraction of sp³-hybridized carbons (Fsp3) is 0.460. The van der Waals surface area contributed by atoms with Crippen molar-refractivity contribution < 1.29 is 41.9 Å². The Kier molecular flexibility index (Phi) is 12.6. The number of hydrogen-bond acceptors (Lipinski definition) is 14. The van der Waals surface area contributed by atoms with Gasteiger partial charge in [0.1, 0.15) is 29.6 Å². The van der Waals surface area contributed by atoms with E-state index in [9.17, 15) is 37.6 Å². The first kappa shape index (κ1) is 48.1. The van der Waals surface area contributed by atoms with Gasteiger partial charge in [0.2, 0.25) is 0 Å². The van der Waals surface area contributed by atoms with E-state index >= 15 is 0 Å². The van der Waals surface area contributed by atoms with E-state index in [1.165, 1.54) is 29.5 Å². The number of piperidine rings is 1. The van der Waals surface area contributed by atoms with Crippen molar-refractivity contribution >= 4 is 50.1 Å². The molecule has 10 rings (SSSR count). The summed E-state index contributed by atoms with van der Waals surface area (Å²) in [5, 5.41) is 31.0. The highest BCUT2D eigenvalue weighted by Crippen LogP contribution is 2.47. The highest BCUT2D eigenvalue weighted by atomic mass is 32.2. The van der Waals surface area contributed by atoms with Gasteiger partial charge < -0.3 is 40.4 Å². The number of nitrogens with zero attached hydrogens (tertiary/aromatic N) is 6. The molecule has 1 aliphatic carbocycles. The number of carbonyl (C=O) groups is 2. The molecule has 2 atom stereocenters. The van der Waals surface area contributed by atoms with Gasteiger partial charge in [0.15, 0.2) is 11.4 Å². The summed E-state index contributed by atoms with van der Waals surface area (Å²) in [6, 6.07) is 15.9. The molecule has 1 saturated carbocycles. The van der Waals surface area contributed by atoms with Crippen molar-refractivity contribution in [3.63, 3.8) is 0 Å². The smallest absolute Gasteiger partial charge is 0.314 e. The minimum absolute atomic E-state index is 0.0237. The molecule has 5 aliphatic rings. The molecule has 71 heavy (non-hydrogen) atoms. The molecule has 3 amide bonds. The number of nitrogens with two attached hydrogens (primary N) is 1. The Bertz CT molecular complexity index is 3000. The Morgan fingerprint density at radius 1 is 1.04 bits per heavy atom. The fourth-order valence-corrected chi connectivity index (χ4v) is 12.2. The summed E-state index contributed by atoms with van der Waals surface area (Å²) in [4.78, 5) is 48.6. The van der Waals surface area contributed by atoms with Crippen molar-refractivity contribution in [1.29, 1.82) is 0 Å². The second-order valence-corrected chi connectivity index (χ2v) is 22.1. The summed E-state index contributed by atoms with van der Waals surface area (Å²) in [7, 11) is -4.75. The van der Waals surface area contributed by atoms with E-state index in [4.69, 9.17) is 15.2 Å². The summed E-state index contributed by atoms with van der Waals surface area (Å²) in [6.45, 7) is 11.0. The topological polar surface area (TPSA) is 242 Å². The van der Waals surface area contributed by atoms with Crippen molar-refractivity contribution in [2.75, 3.05) is 62.6 Å². The van der Waals surface area contributed by atoms with Crippen molar-refractivity contribution in [2.45, 2.75) is 87.8 Å². The Labute approximate surface area is 410 Å². The number of rotatable bonds is 11. The monoisotopic (exact) mass is 994 g/mol. The first-order chi connectivity index (χ1) is 33.9. The van der Waals surface area contributed by atoms with Crippen LogP contribution in [0.1, 0.15) is 92.7 Å². The number of fused-ring (bicyclic) bond motifs is 2. The molecule has 4 aliphatic heterocycles. The number of hydrazine groups is 1. The lowest BCUT2D eigenvalue weighted by Crippen LogP contribution is -2.68. The molecule has 6 heterocycles. The molecule has 21 heteroatoms. The van der Waals surface area contributed by atoms with Crippen molar-refractivity contribution in [3.8, 4) is 17.2 Å². The van der Waals surface area contributed by atoms with Crippen molar-refractivity contribution in [1.82, 2.24) is 29.6 Å². The number of nitro groups is 1. The maximum Gasteiger partial charge on any atom is 0.314 e. The number of pyridine rings is 1. The van der Waals surface area contributed by atoms with Crippen LogP contribution in [-0.4, -0.2) is 119 Å². The Morgan fingerprint density at radius 2 is 1.79 bits per heavy atom. The van der Waals surface area contributed by atoms with E-state index in [1.54, 1.807) is 24.0 Å². The van der Waals surface area contributed by atoms with E-state index < -0.39 is 48.9 Å². The minimum atomic E-state index is -4.75. The van der Waals surface area contributed by atoms with Crippen LogP contribution in [0, 0.1) is 27.3 Å². The number of nitro benzene ring substituents is 1. The number of amides is 3. The van der Waals surface area contributed by atoms with Gasteiger partial charge in [-0.25, -0.2) is 37.3 Å². The molecule has 6 N–H and O–H groups in total. The molecule has 19 nitrogen and oxygen atoms in total. The number of H-pyrrole nitrogens is 1. The van der Waals surface area contributed by atoms with Crippen LogP contribution in [0.4, 0.5) is 26.2 Å². The van der Waals surface area contributed by atoms with Crippen LogP contribution in [0.2, 0.25) is 0 Å². The van der Waals surface area contributed by atoms with Gasteiger partial charge in [-0.15, -0.1) is 0 Å². The SMILES string of the molecule is CC(C)c1ccccc1[C@@H]1CN(C(N)=O)CCN1N1CC2(CCN(c3ccc(C(=O)NS(=O)(=O)c4cc5c(c([N+](=O)[O-])c4)N[C@@H]([C@H]4CC[C@](C)(O)CC4)CO5)c(Oc4cnc5[nH]cc(F)c5c4)c3)CC2)C1. The summed E-state index contributed by atoms with van der Waals surface area (Å²) in [5.74, 6) is -1.23. The van der Waals surface area contributed by atoms with Gasteiger partial charge in [-0.2, -0.15) is 0 Å². The first-order valence-electron chi connectivity index (χ1n) is 24.2. The Hall–Kier alpha value is -6.55. The number of aromatic nitrogens is 2. The average Bonchev–Trinajstić information content (AvgIpc) is 3.71. The maximum atomic E-state index is 14.7. The molecule has 5 aromatic rings. The summed E-state index contributed by atoms with van der Waals surface area (Å²) >= 11 is 0. The number of aromatic amines is 1. The van der Waals surface area contributed by atoms with Gasteiger partial charge in [-0.3, -0.25) is 14.9 Å². The number of hydrogen-bond donors (Lipinski definition) is 5. The lowest BCUT2D eigenvalue weighted by atomic mass is 9.72. The van der Waals surface area contributed by atoms with E-state index in [1.807, 2.05) is 6.07 Å². The third-order valence-corrected chi connectivity index (χ3v) is 16.6. The van der Waals surface area contributed by atoms with Gasteiger partial charge in [0.05, 0.1) is 44.7 Å². The van der Waals surface area contributed by atoms with E-state index in [0.717, 1.165) is 44.3 Å². The maximum absolute atomic E-state index is 14.7. The quantitative estimate of drug-likeness (QED) is 0.0661. The molecule has 0 unspecified atom stereocenters. The largest absolute Gasteiger partial charge is 0.489 e. The summed E-state index contributed by atoms with van der Waals surface area (Å²) in [6.07, 6.45) is 6.79. The van der Waals surface area contributed by atoms with Crippen LogP contribution in [0.5, 0.6) is 17.2 Å². The molecular weight excluding hydrogens is 936 g/mol. The molecule has 3 aromatic carbocycles. The number of carbonyl (C=O) groups excluding carboxylic acids is 2. The minimum Gasteiger partial charge on any atom is -0.489 e. The number of ether oxygens (including phenoxy) is 2. The number of aliphatic hydroxyl groups is 1.